The van der Waals surface area contributed by atoms with Gasteiger partial charge in [0.15, 0.2) is 0 Å². The van der Waals surface area contributed by atoms with Crippen molar-refractivity contribution < 1.29 is 17.3 Å². The molecule has 2 heterocycles. The number of aromatic nitrogens is 2. The number of hydrogen-bond acceptors (Lipinski definition) is 7. The van der Waals surface area contributed by atoms with Crippen molar-refractivity contribution in [3.63, 3.8) is 0 Å². The standard InChI is InChI=1S/C16H16N2O4S2/c1-11-13-8-17-23-15(13)14(10-22-24(2,19)20)16(18-11)21-9-12-6-4-3-5-7-12/h3-8H,9-10H2,1-2H3. The van der Waals surface area contributed by atoms with Gasteiger partial charge in [0.1, 0.15) is 6.61 Å². The highest BCUT2D eigenvalue weighted by Gasteiger charge is 2.17. The van der Waals surface area contributed by atoms with Crippen LogP contribution in [0.5, 0.6) is 5.88 Å². The summed E-state index contributed by atoms with van der Waals surface area (Å²) in [6.45, 7) is 2.08. The first-order chi connectivity index (χ1) is 11.4. The molecule has 2 aromatic heterocycles. The summed E-state index contributed by atoms with van der Waals surface area (Å²) in [6.07, 6.45) is 2.73. The number of nitrogens with zero attached hydrogens (tertiary/aromatic N) is 2. The lowest BCUT2D eigenvalue weighted by Crippen LogP contribution is -2.07. The molecule has 8 heteroatoms. The Balaban J connectivity index is 1.95. The van der Waals surface area contributed by atoms with Crippen molar-refractivity contribution in [3.05, 3.63) is 53.3 Å². The Kier molecular flexibility index (Phi) is 4.79. The largest absolute Gasteiger partial charge is 0.472 e. The van der Waals surface area contributed by atoms with Crippen LogP contribution in [0, 0.1) is 6.92 Å². The summed E-state index contributed by atoms with van der Waals surface area (Å²) in [5, 5.41) is 0.874. The van der Waals surface area contributed by atoms with Gasteiger partial charge in [-0.2, -0.15) is 12.8 Å². The first-order valence-electron chi connectivity index (χ1n) is 7.19. The lowest BCUT2D eigenvalue weighted by Gasteiger charge is -2.12. The van der Waals surface area contributed by atoms with E-state index in [1.807, 2.05) is 37.3 Å². The van der Waals surface area contributed by atoms with Crippen LogP contribution in [0.15, 0.2) is 36.5 Å². The van der Waals surface area contributed by atoms with Crippen LogP contribution >= 0.6 is 11.5 Å². The first kappa shape index (κ1) is 16.8. The molecule has 0 aliphatic rings. The zero-order chi connectivity index (χ0) is 17.2. The molecule has 1 aromatic carbocycles. The second-order valence-electron chi connectivity index (χ2n) is 5.29. The minimum Gasteiger partial charge on any atom is -0.472 e. The lowest BCUT2D eigenvalue weighted by atomic mass is 10.2. The summed E-state index contributed by atoms with van der Waals surface area (Å²) in [4.78, 5) is 4.46. The fourth-order valence-electron chi connectivity index (χ4n) is 2.23. The number of hydrogen-bond donors (Lipinski definition) is 0. The highest BCUT2D eigenvalue weighted by molar-refractivity contribution is 7.85. The number of aryl methyl sites for hydroxylation is 1. The molecule has 3 aromatic rings. The molecule has 0 spiro atoms. The molecule has 0 atom stereocenters. The number of benzene rings is 1. The number of rotatable bonds is 6. The van der Waals surface area contributed by atoms with Crippen molar-refractivity contribution in [2.24, 2.45) is 0 Å². The zero-order valence-corrected chi connectivity index (χ0v) is 14.9. The van der Waals surface area contributed by atoms with E-state index < -0.39 is 10.1 Å². The average molecular weight is 364 g/mol. The Morgan fingerprint density at radius 1 is 1.17 bits per heavy atom. The van der Waals surface area contributed by atoms with Crippen LogP contribution in [0.1, 0.15) is 16.8 Å². The molecule has 0 fully saturated rings. The van der Waals surface area contributed by atoms with E-state index in [4.69, 9.17) is 8.92 Å². The molecule has 0 aliphatic heterocycles. The van der Waals surface area contributed by atoms with Gasteiger partial charge < -0.3 is 4.74 Å². The molecule has 3 rings (SSSR count). The summed E-state index contributed by atoms with van der Waals surface area (Å²) in [5.74, 6) is 0.372. The fraction of sp³-hybridized carbons (Fsp3) is 0.250. The maximum Gasteiger partial charge on any atom is 0.264 e. The molecule has 0 saturated carbocycles. The van der Waals surface area contributed by atoms with Crippen LogP contribution in [-0.2, 0) is 27.5 Å². The molecule has 0 amide bonds. The van der Waals surface area contributed by atoms with E-state index in [1.165, 1.54) is 11.5 Å². The van der Waals surface area contributed by atoms with E-state index >= 15 is 0 Å². The van der Waals surface area contributed by atoms with E-state index in [9.17, 15) is 8.42 Å². The molecule has 0 saturated heterocycles. The fourth-order valence-corrected chi connectivity index (χ4v) is 3.38. The Bertz CT molecular complexity index is 953. The Morgan fingerprint density at radius 3 is 2.62 bits per heavy atom. The third-order valence-corrected chi connectivity index (χ3v) is 4.80. The van der Waals surface area contributed by atoms with Crippen LogP contribution in [0.25, 0.3) is 10.1 Å². The Labute approximate surface area is 144 Å². The minimum absolute atomic E-state index is 0.130. The molecular formula is C16H16N2O4S2. The Hall–Kier alpha value is -2.03. The molecule has 0 unspecified atom stereocenters. The summed E-state index contributed by atoms with van der Waals surface area (Å²) in [6, 6.07) is 9.69. The second kappa shape index (κ2) is 6.84. The van der Waals surface area contributed by atoms with Crippen LogP contribution in [0.2, 0.25) is 0 Å². The van der Waals surface area contributed by atoms with Gasteiger partial charge in [-0.3, -0.25) is 4.18 Å². The van der Waals surface area contributed by atoms with Crippen molar-refractivity contribution in [3.8, 4) is 5.88 Å². The van der Waals surface area contributed by atoms with Crippen LogP contribution in [0.4, 0.5) is 0 Å². The van der Waals surface area contributed by atoms with Gasteiger partial charge in [-0.1, -0.05) is 30.3 Å². The van der Waals surface area contributed by atoms with E-state index in [0.29, 0.717) is 18.1 Å². The molecule has 24 heavy (non-hydrogen) atoms. The van der Waals surface area contributed by atoms with Crippen molar-refractivity contribution >= 4 is 31.7 Å². The summed E-state index contributed by atoms with van der Waals surface area (Å²) in [7, 11) is -3.57. The molecule has 6 nitrogen and oxygen atoms in total. The maximum absolute atomic E-state index is 11.3. The van der Waals surface area contributed by atoms with Gasteiger partial charge in [0, 0.05) is 5.39 Å². The summed E-state index contributed by atoms with van der Waals surface area (Å²) >= 11 is 1.27. The third kappa shape index (κ3) is 3.89. The predicted molar refractivity (Wildman–Crippen MR) is 92.6 cm³/mol. The number of fused-ring (bicyclic) bond motifs is 1. The van der Waals surface area contributed by atoms with Gasteiger partial charge in [-0.05, 0) is 24.0 Å². The molecule has 126 valence electrons. The topological polar surface area (TPSA) is 78.4 Å². The van der Waals surface area contributed by atoms with E-state index in [0.717, 1.165) is 27.6 Å². The Morgan fingerprint density at radius 2 is 1.92 bits per heavy atom. The van der Waals surface area contributed by atoms with Crippen molar-refractivity contribution in [1.29, 1.82) is 0 Å². The van der Waals surface area contributed by atoms with Gasteiger partial charge in [0.05, 0.1) is 35.0 Å². The highest BCUT2D eigenvalue weighted by Crippen LogP contribution is 2.32. The number of ether oxygens (including phenoxy) is 1. The summed E-state index contributed by atoms with van der Waals surface area (Å²) < 4.78 is 38.5. The van der Waals surface area contributed by atoms with Gasteiger partial charge in [-0.15, -0.1) is 0 Å². The smallest absolute Gasteiger partial charge is 0.264 e. The zero-order valence-electron chi connectivity index (χ0n) is 13.2. The molecule has 0 aliphatic carbocycles. The maximum atomic E-state index is 11.3. The molecule has 0 radical (unpaired) electrons. The van der Waals surface area contributed by atoms with Crippen LogP contribution < -0.4 is 4.74 Å². The number of pyridine rings is 1. The molecular weight excluding hydrogens is 348 g/mol. The van der Waals surface area contributed by atoms with Crippen molar-refractivity contribution in [1.82, 2.24) is 9.36 Å². The van der Waals surface area contributed by atoms with Gasteiger partial charge in [0.2, 0.25) is 5.88 Å². The average Bonchev–Trinajstić information content (AvgIpc) is 3.02. The molecule has 0 N–H and O–H groups in total. The van der Waals surface area contributed by atoms with E-state index in [2.05, 4.69) is 9.36 Å². The van der Waals surface area contributed by atoms with Gasteiger partial charge >= 0.3 is 0 Å². The normalized spacial score (nSPS) is 11.8. The second-order valence-corrected chi connectivity index (χ2v) is 7.74. The van der Waals surface area contributed by atoms with E-state index in [-0.39, 0.29) is 6.61 Å². The highest BCUT2D eigenvalue weighted by atomic mass is 32.2. The van der Waals surface area contributed by atoms with Gasteiger partial charge in [0.25, 0.3) is 10.1 Å². The van der Waals surface area contributed by atoms with E-state index in [1.54, 1.807) is 6.20 Å². The van der Waals surface area contributed by atoms with Gasteiger partial charge in [-0.25, -0.2) is 4.98 Å². The molecule has 0 bridgehead atoms. The quantitative estimate of drug-likeness (QED) is 0.626. The summed E-state index contributed by atoms with van der Waals surface area (Å²) in [5.41, 5.74) is 2.38. The van der Waals surface area contributed by atoms with Crippen molar-refractivity contribution in [2.45, 2.75) is 20.1 Å². The first-order valence-corrected chi connectivity index (χ1v) is 9.78. The van der Waals surface area contributed by atoms with Crippen molar-refractivity contribution in [2.75, 3.05) is 6.26 Å². The van der Waals surface area contributed by atoms with Crippen LogP contribution in [0.3, 0.4) is 0 Å². The third-order valence-electron chi connectivity index (χ3n) is 3.40. The lowest BCUT2D eigenvalue weighted by molar-refractivity contribution is 0.270. The monoisotopic (exact) mass is 364 g/mol. The SMILES string of the molecule is Cc1nc(OCc2ccccc2)c(COS(C)(=O)=O)c2sncc12. The van der Waals surface area contributed by atoms with Crippen LogP contribution in [-0.4, -0.2) is 24.0 Å². The predicted octanol–water partition coefficient (Wildman–Crippen LogP) is 3.05. The minimum atomic E-state index is -3.57.